The van der Waals surface area contributed by atoms with Crippen LogP contribution in [0.3, 0.4) is 0 Å². The van der Waals surface area contributed by atoms with Crippen molar-refractivity contribution >= 4 is 29.0 Å². The Labute approximate surface area is 134 Å². The zero-order chi connectivity index (χ0) is 15.4. The van der Waals surface area contributed by atoms with Crippen molar-refractivity contribution in [2.45, 2.75) is 9.79 Å². The number of nitrogens with zero attached hydrogens (tertiary/aromatic N) is 1. The Kier molecular flexibility index (Phi) is 4.77. The third-order valence-corrected chi connectivity index (χ3v) is 4.47. The van der Waals surface area contributed by atoms with Crippen molar-refractivity contribution in [3.05, 3.63) is 48.5 Å². The van der Waals surface area contributed by atoms with Gasteiger partial charge >= 0.3 is 0 Å². The van der Waals surface area contributed by atoms with Crippen LogP contribution in [0.2, 0.25) is 0 Å². The van der Waals surface area contributed by atoms with Gasteiger partial charge in [0.2, 0.25) is 0 Å². The first-order valence-corrected chi connectivity index (χ1v) is 7.88. The minimum Gasteiger partial charge on any atom is -0.382 e. The molecule has 0 atom stereocenters. The van der Waals surface area contributed by atoms with E-state index in [9.17, 15) is 4.79 Å². The van der Waals surface area contributed by atoms with Gasteiger partial charge in [0.25, 0.3) is 5.91 Å². The van der Waals surface area contributed by atoms with E-state index in [0.717, 1.165) is 21.2 Å². The molecule has 0 saturated heterocycles. The van der Waals surface area contributed by atoms with Gasteiger partial charge in [-0.15, -0.1) is 0 Å². The van der Waals surface area contributed by atoms with Crippen LogP contribution in [0, 0.1) is 0 Å². The van der Waals surface area contributed by atoms with Crippen LogP contribution in [0.15, 0.2) is 58.3 Å². The normalized spacial score (nSPS) is 12.7. The predicted molar refractivity (Wildman–Crippen MR) is 86.8 cm³/mol. The molecule has 0 N–H and O–H groups in total. The molecule has 114 valence electrons. The molecule has 4 nitrogen and oxygen atoms in total. The van der Waals surface area contributed by atoms with Gasteiger partial charge in [-0.2, -0.15) is 0 Å². The summed E-state index contributed by atoms with van der Waals surface area (Å²) in [5.41, 5.74) is 1.82. The fourth-order valence-corrected chi connectivity index (χ4v) is 3.40. The molecule has 0 saturated carbocycles. The van der Waals surface area contributed by atoms with Gasteiger partial charge < -0.3 is 9.47 Å². The number of anilines is 2. The summed E-state index contributed by atoms with van der Waals surface area (Å²) < 4.78 is 10.3. The van der Waals surface area contributed by atoms with Gasteiger partial charge in [0.05, 0.1) is 24.6 Å². The molecule has 1 heterocycles. The number of fused-ring (bicyclic) bond motifs is 2. The number of carbonyl (C=O) groups excluding carboxylic acids is 1. The number of benzene rings is 2. The molecule has 3 rings (SSSR count). The number of hydrogen-bond acceptors (Lipinski definition) is 4. The van der Waals surface area contributed by atoms with Crippen molar-refractivity contribution in [1.82, 2.24) is 0 Å². The second-order valence-corrected chi connectivity index (χ2v) is 5.90. The van der Waals surface area contributed by atoms with E-state index in [1.807, 2.05) is 48.5 Å². The fourth-order valence-electron chi connectivity index (χ4n) is 2.34. The van der Waals surface area contributed by atoms with Crippen LogP contribution < -0.4 is 4.90 Å². The molecule has 0 unspecified atom stereocenters. The van der Waals surface area contributed by atoms with E-state index in [2.05, 4.69) is 0 Å². The number of hydrogen-bond donors (Lipinski definition) is 0. The SMILES string of the molecule is COCCOCC(=O)N1c2ccccc2Sc2ccccc21. The van der Waals surface area contributed by atoms with Gasteiger partial charge in [0.15, 0.2) is 0 Å². The molecule has 0 radical (unpaired) electrons. The van der Waals surface area contributed by atoms with Crippen LogP contribution in [0.25, 0.3) is 0 Å². The summed E-state index contributed by atoms with van der Waals surface area (Å²) in [6.45, 7) is 0.932. The quantitative estimate of drug-likeness (QED) is 0.792. The Morgan fingerprint density at radius 1 is 1.00 bits per heavy atom. The maximum atomic E-state index is 12.6. The molecule has 0 bridgehead atoms. The van der Waals surface area contributed by atoms with E-state index in [0.29, 0.717) is 13.2 Å². The molecular formula is C17H17NO3S. The van der Waals surface area contributed by atoms with Crippen LogP contribution in [-0.4, -0.2) is 32.8 Å². The molecule has 0 aliphatic carbocycles. The molecule has 1 aliphatic heterocycles. The number of para-hydroxylation sites is 2. The smallest absolute Gasteiger partial charge is 0.257 e. The molecule has 1 amide bonds. The van der Waals surface area contributed by atoms with E-state index >= 15 is 0 Å². The molecular weight excluding hydrogens is 298 g/mol. The molecule has 0 fully saturated rings. The average Bonchev–Trinajstić information content (AvgIpc) is 2.56. The number of carbonyl (C=O) groups is 1. The molecule has 22 heavy (non-hydrogen) atoms. The predicted octanol–water partition coefficient (Wildman–Crippen LogP) is 3.48. The minimum absolute atomic E-state index is 0.0384. The number of rotatable bonds is 5. The summed E-state index contributed by atoms with van der Waals surface area (Å²) in [4.78, 5) is 16.5. The second kappa shape index (κ2) is 6.96. The summed E-state index contributed by atoms with van der Waals surface area (Å²) >= 11 is 1.68. The Balaban J connectivity index is 1.88. The van der Waals surface area contributed by atoms with Gasteiger partial charge in [0.1, 0.15) is 6.61 Å². The highest BCUT2D eigenvalue weighted by molar-refractivity contribution is 7.99. The molecule has 0 aromatic heterocycles. The standard InChI is InChI=1S/C17H17NO3S/c1-20-10-11-21-12-17(19)18-13-6-2-4-8-15(13)22-16-9-5-3-7-14(16)18/h2-9H,10-12H2,1H3. The highest BCUT2D eigenvalue weighted by Crippen LogP contribution is 2.47. The highest BCUT2D eigenvalue weighted by atomic mass is 32.2. The summed E-state index contributed by atoms with van der Waals surface area (Å²) in [5.74, 6) is -0.0729. The van der Waals surface area contributed by atoms with Crippen LogP contribution >= 0.6 is 11.8 Å². The number of ether oxygens (including phenoxy) is 2. The summed E-state index contributed by atoms with van der Waals surface area (Å²) in [5, 5.41) is 0. The third kappa shape index (κ3) is 3.02. The van der Waals surface area contributed by atoms with Crippen molar-refractivity contribution < 1.29 is 14.3 Å². The summed E-state index contributed by atoms with van der Waals surface area (Å²) in [6.07, 6.45) is 0. The van der Waals surface area contributed by atoms with Crippen molar-refractivity contribution in [1.29, 1.82) is 0 Å². The average molecular weight is 315 g/mol. The van der Waals surface area contributed by atoms with Crippen LogP contribution in [-0.2, 0) is 14.3 Å². The van der Waals surface area contributed by atoms with E-state index < -0.39 is 0 Å². The lowest BCUT2D eigenvalue weighted by atomic mass is 10.2. The van der Waals surface area contributed by atoms with Crippen molar-refractivity contribution in [2.75, 3.05) is 31.8 Å². The Hall–Kier alpha value is -1.82. The molecule has 2 aromatic carbocycles. The molecule has 5 heteroatoms. The van der Waals surface area contributed by atoms with Crippen LogP contribution in [0.5, 0.6) is 0 Å². The van der Waals surface area contributed by atoms with E-state index in [1.54, 1.807) is 23.8 Å². The lowest BCUT2D eigenvalue weighted by Crippen LogP contribution is -2.32. The Morgan fingerprint density at radius 2 is 1.59 bits per heavy atom. The van der Waals surface area contributed by atoms with Gasteiger partial charge in [-0.3, -0.25) is 9.69 Å². The maximum Gasteiger partial charge on any atom is 0.257 e. The zero-order valence-electron chi connectivity index (χ0n) is 12.3. The largest absolute Gasteiger partial charge is 0.382 e. The highest BCUT2D eigenvalue weighted by Gasteiger charge is 2.27. The van der Waals surface area contributed by atoms with Crippen LogP contribution in [0.4, 0.5) is 11.4 Å². The van der Waals surface area contributed by atoms with Crippen LogP contribution in [0.1, 0.15) is 0 Å². The lowest BCUT2D eigenvalue weighted by Gasteiger charge is -2.30. The van der Waals surface area contributed by atoms with Gasteiger partial charge in [0, 0.05) is 16.9 Å². The van der Waals surface area contributed by atoms with E-state index in [4.69, 9.17) is 9.47 Å². The first-order valence-electron chi connectivity index (χ1n) is 7.07. The second-order valence-electron chi connectivity index (χ2n) is 4.81. The van der Waals surface area contributed by atoms with Crippen molar-refractivity contribution in [3.63, 3.8) is 0 Å². The summed E-state index contributed by atoms with van der Waals surface area (Å²) in [6, 6.07) is 15.8. The third-order valence-electron chi connectivity index (χ3n) is 3.34. The first-order chi connectivity index (χ1) is 10.8. The fraction of sp³-hybridized carbons (Fsp3) is 0.235. The number of methoxy groups -OCH3 is 1. The zero-order valence-corrected chi connectivity index (χ0v) is 13.1. The number of amides is 1. The maximum absolute atomic E-state index is 12.6. The van der Waals surface area contributed by atoms with Gasteiger partial charge in [-0.25, -0.2) is 0 Å². The van der Waals surface area contributed by atoms with Gasteiger partial charge in [-0.05, 0) is 24.3 Å². The minimum atomic E-state index is -0.0729. The lowest BCUT2D eigenvalue weighted by molar-refractivity contribution is -0.122. The van der Waals surface area contributed by atoms with E-state index in [-0.39, 0.29) is 12.5 Å². The van der Waals surface area contributed by atoms with Crippen molar-refractivity contribution in [3.8, 4) is 0 Å². The van der Waals surface area contributed by atoms with Crippen molar-refractivity contribution in [2.24, 2.45) is 0 Å². The first kappa shape index (κ1) is 15.1. The molecule has 1 aliphatic rings. The Bertz CT molecular complexity index is 629. The monoisotopic (exact) mass is 315 g/mol. The summed E-state index contributed by atoms with van der Waals surface area (Å²) in [7, 11) is 1.61. The topological polar surface area (TPSA) is 38.8 Å². The Morgan fingerprint density at radius 3 is 2.18 bits per heavy atom. The van der Waals surface area contributed by atoms with E-state index in [1.165, 1.54) is 0 Å². The molecule has 0 spiro atoms. The van der Waals surface area contributed by atoms with Gasteiger partial charge in [-0.1, -0.05) is 36.0 Å². The molecule has 2 aromatic rings.